The van der Waals surface area contributed by atoms with Gasteiger partial charge in [0.1, 0.15) is 17.1 Å². The van der Waals surface area contributed by atoms with Crippen molar-refractivity contribution >= 4 is 11.7 Å². The Morgan fingerprint density at radius 2 is 2.19 bits per heavy atom. The van der Waals surface area contributed by atoms with Gasteiger partial charge in [0.2, 0.25) is 0 Å². The van der Waals surface area contributed by atoms with Crippen LogP contribution in [0.15, 0.2) is 34.9 Å². The fraction of sp³-hybridized carbons (Fsp3) is 0.474. The Bertz CT molecular complexity index is 754. The first kappa shape index (κ1) is 18.4. The second-order valence-corrected chi connectivity index (χ2v) is 6.97. The van der Waals surface area contributed by atoms with Gasteiger partial charge in [-0.1, -0.05) is 17.3 Å². The standard InChI is InChI=1S/C19H25N3O4/c1-13-11-17(21-26-13)20-18(23)12-25-15-8-6-14(7-9-15)19(2,24)16-5-4-10-22(16)3/h6-9,11,16,24H,4-5,10,12H2,1-3H3,(H,20,21,23)/t16-,19?/m1/s1. The topological polar surface area (TPSA) is 87.8 Å². The van der Waals surface area contributed by atoms with Crippen molar-refractivity contribution in [2.45, 2.75) is 38.3 Å². The Morgan fingerprint density at radius 3 is 2.77 bits per heavy atom. The minimum absolute atomic E-state index is 0.103. The molecule has 7 nitrogen and oxygen atoms in total. The number of rotatable bonds is 6. The predicted octanol–water partition coefficient (Wildman–Crippen LogP) is 2.30. The van der Waals surface area contributed by atoms with Crippen LogP contribution in [0.2, 0.25) is 0 Å². The lowest BCUT2D eigenvalue weighted by Gasteiger charge is -2.35. The van der Waals surface area contributed by atoms with Crippen molar-refractivity contribution in [1.29, 1.82) is 0 Å². The van der Waals surface area contributed by atoms with Crippen molar-refractivity contribution < 1.29 is 19.2 Å². The van der Waals surface area contributed by atoms with E-state index in [9.17, 15) is 9.90 Å². The maximum atomic E-state index is 11.9. The summed E-state index contributed by atoms with van der Waals surface area (Å²) in [6, 6.07) is 8.97. The number of carbonyl (C=O) groups is 1. The van der Waals surface area contributed by atoms with E-state index >= 15 is 0 Å². The summed E-state index contributed by atoms with van der Waals surface area (Å²) in [5, 5.41) is 17.3. The molecule has 0 saturated carbocycles. The molecule has 1 aliphatic heterocycles. The molecule has 1 aromatic heterocycles. The molecule has 0 aliphatic carbocycles. The number of carbonyl (C=O) groups excluding carboxylic acids is 1. The summed E-state index contributed by atoms with van der Waals surface area (Å²) in [5.74, 6) is 1.23. The molecule has 2 N–H and O–H groups in total. The van der Waals surface area contributed by atoms with Crippen molar-refractivity contribution in [2.75, 3.05) is 25.5 Å². The maximum absolute atomic E-state index is 11.9. The van der Waals surface area contributed by atoms with Gasteiger partial charge in [-0.25, -0.2) is 0 Å². The molecule has 0 bridgehead atoms. The third-order valence-electron chi connectivity index (χ3n) is 4.87. The van der Waals surface area contributed by atoms with Gasteiger partial charge in [-0.2, -0.15) is 0 Å². The molecule has 1 fully saturated rings. The highest BCUT2D eigenvalue weighted by Gasteiger charge is 2.38. The van der Waals surface area contributed by atoms with E-state index < -0.39 is 5.60 Å². The fourth-order valence-corrected chi connectivity index (χ4v) is 3.45. The van der Waals surface area contributed by atoms with Crippen LogP contribution in [-0.4, -0.2) is 47.3 Å². The van der Waals surface area contributed by atoms with E-state index in [-0.39, 0.29) is 18.6 Å². The van der Waals surface area contributed by atoms with Crippen LogP contribution in [0.5, 0.6) is 5.75 Å². The zero-order chi connectivity index (χ0) is 18.7. The molecular formula is C19H25N3O4. The first-order chi connectivity index (χ1) is 12.4. The molecule has 140 valence electrons. The zero-order valence-electron chi connectivity index (χ0n) is 15.4. The summed E-state index contributed by atoms with van der Waals surface area (Å²) in [6.07, 6.45) is 2.07. The summed E-state index contributed by atoms with van der Waals surface area (Å²) in [7, 11) is 2.04. The molecule has 2 heterocycles. The van der Waals surface area contributed by atoms with Crippen molar-refractivity contribution in [1.82, 2.24) is 10.1 Å². The van der Waals surface area contributed by atoms with Crippen molar-refractivity contribution in [2.24, 2.45) is 0 Å². The quantitative estimate of drug-likeness (QED) is 0.823. The lowest BCUT2D eigenvalue weighted by atomic mass is 9.87. The first-order valence-electron chi connectivity index (χ1n) is 8.75. The SMILES string of the molecule is Cc1cc(NC(=O)COc2ccc(C(C)(O)[C@H]3CCCN3C)cc2)no1. The number of hydrogen-bond acceptors (Lipinski definition) is 6. The summed E-state index contributed by atoms with van der Waals surface area (Å²) in [6.45, 7) is 4.47. The summed E-state index contributed by atoms with van der Waals surface area (Å²) >= 11 is 0. The van der Waals surface area contributed by atoms with E-state index in [1.54, 1.807) is 25.1 Å². The number of anilines is 1. The monoisotopic (exact) mass is 359 g/mol. The molecule has 26 heavy (non-hydrogen) atoms. The van der Waals surface area contributed by atoms with Crippen molar-refractivity contribution in [3.8, 4) is 5.75 Å². The highest BCUT2D eigenvalue weighted by molar-refractivity contribution is 5.90. The highest BCUT2D eigenvalue weighted by atomic mass is 16.5. The zero-order valence-corrected chi connectivity index (χ0v) is 15.4. The number of aliphatic hydroxyl groups is 1. The smallest absolute Gasteiger partial charge is 0.263 e. The largest absolute Gasteiger partial charge is 0.484 e. The minimum Gasteiger partial charge on any atom is -0.484 e. The van der Waals surface area contributed by atoms with Gasteiger partial charge in [-0.3, -0.25) is 4.79 Å². The normalized spacial score (nSPS) is 19.9. The van der Waals surface area contributed by atoms with Gasteiger partial charge in [0.25, 0.3) is 5.91 Å². The molecular weight excluding hydrogens is 334 g/mol. The molecule has 1 aliphatic rings. The number of amides is 1. The van der Waals surface area contributed by atoms with E-state index in [2.05, 4.69) is 15.4 Å². The third-order valence-corrected chi connectivity index (χ3v) is 4.87. The van der Waals surface area contributed by atoms with Crippen LogP contribution in [0.3, 0.4) is 0 Å². The van der Waals surface area contributed by atoms with Gasteiger partial charge in [0.05, 0.1) is 0 Å². The number of aromatic nitrogens is 1. The van der Waals surface area contributed by atoms with Gasteiger partial charge in [-0.05, 0) is 58.0 Å². The molecule has 0 radical (unpaired) electrons. The number of nitrogens with zero attached hydrogens (tertiary/aromatic N) is 2. The number of benzene rings is 1. The fourth-order valence-electron chi connectivity index (χ4n) is 3.45. The summed E-state index contributed by atoms with van der Waals surface area (Å²) in [5.41, 5.74) is -0.0856. The van der Waals surface area contributed by atoms with Crippen LogP contribution in [0.1, 0.15) is 31.1 Å². The van der Waals surface area contributed by atoms with Crippen LogP contribution in [-0.2, 0) is 10.4 Å². The van der Waals surface area contributed by atoms with Gasteiger partial charge >= 0.3 is 0 Å². The van der Waals surface area contributed by atoms with E-state index in [1.807, 2.05) is 26.1 Å². The minimum atomic E-state index is -0.925. The first-order valence-corrected chi connectivity index (χ1v) is 8.75. The molecule has 1 aromatic carbocycles. The van der Waals surface area contributed by atoms with Crippen LogP contribution in [0.25, 0.3) is 0 Å². The van der Waals surface area contributed by atoms with E-state index in [0.717, 1.165) is 24.9 Å². The van der Waals surface area contributed by atoms with Crippen molar-refractivity contribution in [3.05, 3.63) is 41.7 Å². The molecule has 1 amide bonds. The molecule has 3 rings (SSSR count). The summed E-state index contributed by atoms with van der Waals surface area (Å²) in [4.78, 5) is 14.1. The second kappa shape index (κ2) is 7.47. The average Bonchev–Trinajstić information content (AvgIpc) is 3.22. The number of ether oxygens (including phenoxy) is 1. The number of hydrogen-bond donors (Lipinski definition) is 2. The second-order valence-electron chi connectivity index (χ2n) is 6.97. The molecule has 1 unspecified atom stereocenters. The van der Waals surface area contributed by atoms with E-state index in [4.69, 9.17) is 9.26 Å². The number of likely N-dealkylation sites (N-methyl/N-ethyl adjacent to an activating group) is 1. The third kappa shape index (κ3) is 4.05. The predicted molar refractivity (Wildman–Crippen MR) is 97.0 cm³/mol. The van der Waals surface area contributed by atoms with E-state index in [0.29, 0.717) is 17.3 Å². The number of likely N-dealkylation sites (tertiary alicyclic amines) is 1. The van der Waals surface area contributed by atoms with Crippen LogP contribution in [0, 0.1) is 6.92 Å². The van der Waals surface area contributed by atoms with Crippen LogP contribution >= 0.6 is 0 Å². The Kier molecular flexibility index (Phi) is 5.29. The number of aryl methyl sites for hydroxylation is 1. The molecule has 1 saturated heterocycles. The number of nitrogens with one attached hydrogen (secondary N) is 1. The van der Waals surface area contributed by atoms with Crippen LogP contribution < -0.4 is 10.1 Å². The maximum Gasteiger partial charge on any atom is 0.263 e. The van der Waals surface area contributed by atoms with Gasteiger partial charge in [0.15, 0.2) is 12.4 Å². The Balaban J connectivity index is 1.56. The molecule has 7 heteroatoms. The Morgan fingerprint density at radius 1 is 1.46 bits per heavy atom. The Labute approximate surface area is 152 Å². The van der Waals surface area contributed by atoms with Gasteiger partial charge in [0, 0.05) is 12.1 Å². The lowest BCUT2D eigenvalue weighted by Crippen LogP contribution is -2.43. The van der Waals surface area contributed by atoms with Gasteiger partial charge in [-0.15, -0.1) is 0 Å². The van der Waals surface area contributed by atoms with E-state index in [1.165, 1.54) is 0 Å². The molecule has 2 aromatic rings. The highest BCUT2D eigenvalue weighted by Crippen LogP contribution is 2.34. The van der Waals surface area contributed by atoms with Crippen molar-refractivity contribution in [3.63, 3.8) is 0 Å². The molecule has 0 spiro atoms. The lowest BCUT2D eigenvalue weighted by molar-refractivity contribution is -0.118. The van der Waals surface area contributed by atoms with Crippen LogP contribution in [0.4, 0.5) is 5.82 Å². The Hall–Kier alpha value is -2.38. The average molecular weight is 359 g/mol. The summed E-state index contributed by atoms with van der Waals surface area (Å²) < 4.78 is 10.4. The van der Waals surface area contributed by atoms with Gasteiger partial charge < -0.3 is 24.6 Å². The molecule has 2 atom stereocenters.